The van der Waals surface area contributed by atoms with Gasteiger partial charge in [0.2, 0.25) is 0 Å². The summed E-state index contributed by atoms with van der Waals surface area (Å²) in [5.74, 6) is 0.671. The summed E-state index contributed by atoms with van der Waals surface area (Å²) in [6.07, 6.45) is 0. The highest BCUT2D eigenvalue weighted by Crippen LogP contribution is 2.30. The molecule has 0 saturated carbocycles. The van der Waals surface area contributed by atoms with E-state index < -0.39 is 0 Å². The Labute approximate surface area is 127 Å². The van der Waals surface area contributed by atoms with Crippen molar-refractivity contribution < 1.29 is 4.74 Å². The van der Waals surface area contributed by atoms with Gasteiger partial charge in [-0.3, -0.25) is 0 Å². The molecule has 0 aliphatic rings. The van der Waals surface area contributed by atoms with Crippen molar-refractivity contribution in [2.75, 3.05) is 18.2 Å². The number of methoxy groups -OCH3 is 1. The standard InChI is InChI=1S/C16H15N3OS/c1-20-15-8-7-12(9-13(15)17)18-16-19-14(10-21-16)11-5-3-2-4-6-11/h2-10H,17H2,1H3,(H,18,19). The Bertz CT molecular complexity index is 740. The lowest BCUT2D eigenvalue weighted by molar-refractivity contribution is 0.417. The van der Waals surface area contributed by atoms with Crippen molar-refractivity contribution in [2.45, 2.75) is 0 Å². The first-order chi connectivity index (χ1) is 10.3. The quantitative estimate of drug-likeness (QED) is 0.710. The highest BCUT2D eigenvalue weighted by Gasteiger charge is 2.06. The van der Waals surface area contributed by atoms with Crippen LogP contribution in [0.2, 0.25) is 0 Å². The summed E-state index contributed by atoms with van der Waals surface area (Å²) in [7, 11) is 1.60. The summed E-state index contributed by atoms with van der Waals surface area (Å²) in [5, 5.41) is 6.12. The number of thiazole rings is 1. The number of rotatable bonds is 4. The van der Waals surface area contributed by atoms with Gasteiger partial charge >= 0.3 is 0 Å². The third-order valence-electron chi connectivity index (χ3n) is 3.05. The molecule has 0 unspecified atom stereocenters. The minimum atomic E-state index is 0.599. The first kappa shape index (κ1) is 13.5. The zero-order chi connectivity index (χ0) is 14.7. The number of nitrogens with two attached hydrogens (primary N) is 1. The average Bonchev–Trinajstić information content (AvgIpc) is 2.97. The molecule has 0 aliphatic heterocycles. The number of nitrogens with one attached hydrogen (secondary N) is 1. The van der Waals surface area contributed by atoms with Crippen LogP contribution in [0.4, 0.5) is 16.5 Å². The molecule has 0 aliphatic carbocycles. The number of nitrogens with zero attached hydrogens (tertiary/aromatic N) is 1. The van der Waals surface area contributed by atoms with Crippen LogP contribution in [-0.4, -0.2) is 12.1 Å². The van der Waals surface area contributed by atoms with Gasteiger partial charge in [0.25, 0.3) is 0 Å². The van der Waals surface area contributed by atoms with Crippen molar-refractivity contribution in [1.82, 2.24) is 4.98 Å². The van der Waals surface area contributed by atoms with Crippen LogP contribution < -0.4 is 15.8 Å². The molecular weight excluding hydrogens is 282 g/mol. The molecule has 5 heteroatoms. The third kappa shape index (κ3) is 2.98. The molecule has 0 amide bonds. The highest BCUT2D eigenvalue weighted by atomic mass is 32.1. The molecular formula is C16H15N3OS. The largest absolute Gasteiger partial charge is 0.495 e. The summed E-state index contributed by atoms with van der Waals surface area (Å²) < 4.78 is 5.15. The van der Waals surface area contributed by atoms with Crippen molar-refractivity contribution in [3.05, 3.63) is 53.9 Å². The maximum Gasteiger partial charge on any atom is 0.187 e. The molecule has 4 nitrogen and oxygen atoms in total. The van der Waals surface area contributed by atoms with Gasteiger partial charge in [-0.05, 0) is 18.2 Å². The van der Waals surface area contributed by atoms with Crippen LogP contribution in [0.15, 0.2) is 53.9 Å². The lowest BCUT2D eigenvalue weighted by Crippen LogP contribution is -1.95. The van der Waals surface area contributed by atoms with Gasteiger partial charge in [-0.25, -0.2) is 4.98 Å². The van der Waals surface area contributed by atoms with Crippen molar-refractivity contribution in [3.63, 3.8) is 0 Å². The van der Waals surface area contributed by atoms with E-state index in [0.29, 0.717) is 11.4 Å². The lowest BCUT2D eigenvalue weighted by Gasteiger charge is -2.07. The van der Waals surface area contributed by atoms with Gasteiger partial charge < -0.3 is 15.8 Å². The minimum Gasteiger partial charge on any atom is -0.495 e. The van der Waals surface area contributed by atoms with Crippen LogP contribution in [0.25, 0.3) is 11.3 Å². The second kappa shape index (κ2) is 5.85. The number of anilines is 3. The molecule has 3 rings (SSSR count). The summed E-state index contributed by atoms with van der Waals surface area (Å²) in [4.78, 5) is 4.58. The van der Waals surface area contributed by atoms with E-state index in [2.05, 4.69) is 10.3 Å². The molecule has 0 radical (unpaired) electrons. The number of nitrogen functional groups attached to an aromatic ring is 1. The fourth-order valence-corrected chi connectivity index (χ4v) is 2.75. The Balaban J connectivity index is 1.80. The van der Waals surface area contributed by atoms with Crippen LogP contribution in [0.5, 0.6) is 5.75 Å². The Hall–Kier alpha value is -2.53. The second-order valence-electron chi connectivity index (χ2n) is 4.49. The molecule has 106 valence electrons. The van der Waals surface area contributed by atoms with Crippen LogP contribution in [0.1, 0.15) is 0 Å². The van der Waals surface area contributed by atoms with Gasteiger partial charge in [0.1, 0.15) is 5.75 Å². The SMILES string of the molecule is COc1ccc(Nc2nc(-c3ccccc3)cs2)cc1N. The third-order valence-corrected chi connectivity index (χ3v) is 3.81. The Morgan fingerprint density at radius 2 is 1.95 bits per heavy atom. The van der Waals surface area contributed by atoms with E-state index in [1.54, 1.807) is 18.4 Å². The van der Waals surface area contributed by atoms with Crippen molar-refractivity contribution >= 4 is 27.8 Å². The minimum absolute atomic E-state index is 0.599. The van der Waals surface area contributed by atoms with Gasteiger partial charge in [-0.15, -0.1) is 11.3 Å². The maximum absolute atomic E-state index is 5.90. The fourth-order valence-electron chi connectivity index (χ4n) is 2.01. The zero-order valence-electron chi connectivity index (χ0n) is 11.5. The van der Waals surface area contributed by atoms with Gasteiger partial charge in [-0.2, -0.15) is 0 Å². The van der Waals surface area contributed by atoms with Crippen molar-refractivity contribution in [2.24, 2.45) is 0 Å². The van der Waals surface area contributed by atoms with Crippen LogP contribution in [0, 0.1) is 0 Å². The molecule has 2 aromatic carbocycles. The molecule has 3 N–H and O–H groups in total. The van der Waals surface area contributed by atoms with E-state index in [1.807, 2.05) is 53.9 Å². The molecule has 0 spiro atoms. The molecule has 3 aromatic rings. The molecule has 0 bridgehead atoms. The van der Waals surface area contributed by atoms with Gasteiger partial charge in [0.05, 0.1) is 18.5 Å². The van der Waals surface area contributed by atoms with E-state index in [1.165, 1.54) is 0 Å². The van der Waals surface area contributed by atoms with Crippen LogP contribution >= 0.6 is 11.3 Å². The number of hydrogen-bond acceptors (Lipinski definition) is 5. The molecule has 0 saturated heterocycles. The molecule has 0 fully saturated rings. The van der Waals surface area contributed by atoms with E-state index >= 15 is 0 Å². The summed E-state index contributed by atoms with van der Waals surface area (Å²) in [6, 6.07) is 15.7. The Morgan fingerprint density at radius 3 is 2.67 bits per heavy atom. The van der Waals surface area contributed by atoms with Gasteiger partial charge in [0, 0.05) is 16.6 Å². The normalized spacial score (nSPS) is 10.3. The number of hydrogen-bond donors (Lipinski definition) is 2. The zero-order valence-corrected chi connectivity index (χ0v) is 12.4. The number of ether oxygens (including phenoxy) is 1. The molecule has 1 heterocycles. The van der Waals surface area contributed by atoms with Crippen LogP contribution in [-0.2, 0) is 0 Å². The molecule has 1 aromatic heterocycles. The van der Waals surface area contributed by atoms with Gasteiger partial charge in [-0.1, -0.05) is 30.3 Å². The first-order valence-electron chi connectivity index (χ1n) is 6.48. The predicted octanol–water partition coefficient (Wildman–Crippen LogP) is 4.14. The van der Waals surface area contributed by atoms with Crippen molar-refractivity contribution in [1.29, 1.82) is 0 Å². The van der Waals surface area contributed by atoms with Crippen molar-refractivity contribution in [3.8, 4) is 17.0 Å². The smallest absolute Gasteiger partial charge is 0.187 e. The highest BCUT2D eigenvalue weighted by molar-refractivity contribution is 7.14. The lowest BCUT2D eigenvalue weighted by atomic mass is 10.2. The summed E-state index contributed by atoms with van der Waals surface area (Å²) in [6.45, 7) is 0. The molecule has 0 atom stereocenters. The van der Waals surface area contributed by atoms with E-state index in [9.17, 15) is 0 Å². The number of aromatic nitrogens is 1. The monoisotopic (exact) mass is 297 g/mol. The summed E-state index contributed by atoms with van der Waals surface area (Å²) >= 11 is 1.56. The first-order valence-corrected chi connectivity index (χ1v) is 7.36. The second-order valence-corrected chi connectivity index (χ2v) is 5.34. The Kier molecular flexibility index (Phi) is 3.75. The number of benzene rings is 2. The van der Waals surface area contributed by atoms with Gasteiger partial charge in [0.15, 0.2) is 5.13 Å². The maximum atomic E-state index is 5.90. The predicted molar refractivity (Wildman–Crippen MR) is 88.2 cm³/mol. The summed E-state index contributed by atoms with van der Waals surface area (Å²) in [5.41, 5.74) is 9.46. The van der Waals surface area contributed by atoms with E-state index in [4.69, 9.17) is 10.5 Å². The molecule has 21 heavy (non-hydrogen) atoms. The Morgan fingerprint density at radius 1 is 1.14 bits per heavy atom. The van der Waals surface area contributed by atoms with E-state index in [-0.39, 0.29) is 0 Å². The van der Waals surface area contributed by atoms with E-state index in [0.717, 1.165) is 22.1 Å². The fraction of sp³-hybridized carbons (Fsp3) is 0.0625. The topological polar surface area (TPSA) is 60.2 Å². The average molecular weight is 297 g/mol. The van der Waals surface area contributed by atoms with Crippen LogP contribution in [0.3, 0.4) is 0 Å².